The van der Waals surface area contributed by atoms with Crippen LogP contribution in [0.1, 0.15) is 23.4 Å². The van der Waals surface area contributed by atoms with Gasteiger partial charge in [-0.1, -0.05) is 12.1 Å². The number of hydrogen-bond acceptors (Lipinski definition) is 3. The molecule has 0 amide bonds. The zero-order valence-electron chi connectivity index (χ0n) is 10.4. The molecule has 1 heterocycles. The van der Waals surface area contributed by atoms with Crippen molar-refractivity contribution in [2.75, 3.05) is 7.11 Å². The molecule has 96 valence electrons. The molecule has 1 aromatic carbocycles. The van der Waals surface area contributed by atoms with E-state index in [9.17, 15) is 0 Å². The van der Waals surface area contributed by atoms with E-state index in [1.165, 1.54) is 14.2 Å². The van der Waals surface area contributed by atoms with Gasteiger partial charge in [-0.3, -0.25) is 0 Å². The van der Waals surface area contributed by atoms with Crippen LogP contribution in [0.3, 0.4) is 0 Å². The van der Waals surface area contributed by atoms with Gasteiger partial charge in [0, 0.05) is 17.5 Å². The molecular weight excluding hydrogens is 310 g/mol. The molecule has 0 aliphatic carbocycles. The number of ether oxygens (including phenoxy) is 1. The summed E-state index contributed by atoms with van der Waals surface area (Å²) in [6, 6.07) is 12.7. The molecule has 0 saturated heterocycles. The second-order valence-electron chi connectivity index (χ2n) is 4.08. The van der Waals surface area contributed by atoms with Crippen LogP contribution in [0.4, 0.5) is 0 Å². The Balaban J connectivity index is 1.92. The Labute approximate surface area is 120 Å². The molecule has 0 aliphatic rings. The lowest BCUT2D eigenvalue weighted by molar-refractivity contribution is 0.414. The SMILES string of the molecule is COc1ccc(C(C)NCc2ccc(Br)s2)cc1. The molecule has 0 fully saturated rings. The summed E-state index contributed by atoms with van der Waals surface area (Å²) < 4.78 is 6.33. The Morgan fingerprint density at radius 1 is 1.22 bits per heavy atom. The maximum atomic E-state index is 5.16. The first-order valence-electron chi connectivity index (χ1n) is 5.80. The first-order valence-corrected chi connectivity index (χ1v) is 7.41. The molecule has 1 aromatic heterocycles. The lowest BCUT2D eigenvalue weighted by Gasteiger charge is -2.14. The van der Waals surface area contributed by atoms with Crippen LogP contribution >= 0.6 is 27.3 Å². The zero-order chi connectivity index (χ0) is 13.0. The van der Waals surface area contributed by atoms with Crippen LogP contribution in [0.5, 0.6) is 5.75 Å². The molecule has 1 atom stereocenters. The van der Waals surface area contributed by atoms with E-state index >= 15 is 0 Å². The van der Waals surface area contributed by atoms with Crippen LogP contribution in [-0.4, -0.2) is 7.11 Å². The van der Waals surface area contributed by atoms with Gasteiger partial charge in [0.15, 0.2) is 0 Å². The molecule has 0 radical (unpaired) electrons. The summed E-state index contributed by atoms with van der Waals surface area (Å²) in [5.41, 5.74) is 1.27. The minimum Gasteiger partial charge on any atom is -0.497 e. The average molecular weight is 326 g/mol. The number of hydrogen-bond donors (Lipinski definition) is 1. The van der Waals surface area contributed by atoms with Crippen molar-refractivity contribution in [2.45, 2.75) is 19.5 Å². The predicted molar refractivity (Wildman–Crippen MR) is 80.3 cm³/mol. The predicted octanol–water partition coefficient (Wildman–Crippen LogP) is 4.37. The molecule has 1 unspecified atom stereocenters. The van der Waals surface area contributed by atoms with Crippen LogP contribution < -0.4 is 10.1 Å². The average Bonchev–Trinajstić information content (AvgIpc) is 2.82. The number of thiophene rings is 1. The topological polar surface area (TPSA) is 21.3 Å². The van der Waals surface area contributed by atoms with Gasteiger partial charge in [-0.15, -0.1) is 11.3 Å². The van der Waals surface area contributed by atoms with Crippen molar-refractivity contribution in [3.8, 4) is 5.75 Å². The maximum Gasteiger partial charge on any atom is 0.118 e. The van der Waals surface area contributed by atoms with Gasteiger partial charge in [-0.25, -0.2) is 0 Å². The number of methoxy groups -OCH3 is 1. The highest BCUT2D eigenvalue weighted by molar-refractivity contribution is 9.11. The van der Waals surface area contributed by atoms with Crippen LogP contribution in [0.25, 0.3) is 0 Å². The molecule has 2 nitrogen and oxygen atoms in total. The van der Waals surface area contributed by atoms with E-state index in [0.29, 0.717) is 6.04 Å². The molecule has 0 aliphatic heterocycles. The molecule has 1 N–H and O–H groups in total. The van der Waals surface area contributed by atoms with Crippen molar-refractivity contribution in [1.29, 1.82) is 0 Å². The number of benzene rings is 1. The van der Waals surface area contributed by atoms with E-state index in [-0.39, 0.29) is 0 Å². The highest BCUT2D eigenvalue weighted by atomic mass is 79.9. The Morgan fingerprint density at radius 3 is 2.50 bits per heavy atom. The van der Waals surface area contributed by atoms with E-state index < -0.39 is 0 Å². The van der Waals surface area contributed by atoms with Gasteiger partial charge in [-0.05, 0) is 52.7 Å². The van der Waals surface area contributed by atoms with Crippen LogP contribution in [0, 0.1) is 0 Å². The van der Waals surface area contributed by atoms with Crippen molar-refractivity contribution in [3.05, 3.63) is 50.6 Å². The summed E-state index contributed by atoms with van der Waals surface area (Å²) in [5.74, 6) is 0.896. The smallest absolute Gasteiger partial charge is 0.118 e. The minimum atomic E-state index is 0.330. The Morgan fingerprint density at radius 2 is 1.94 bits per heavy atom. The fourth-order valence-electron chi connectivity index (χ4n) is 1.71. The third-order valence-electron chi connectivity index (χ3n) is 2.83. The highest BCUT2D eigenvalue weighted by Crippen LogP contribution is 2.23. The maximum absolute atomic E-state index is 5.16. The Kier molecular flexibility index (Phi) is 4.80. The first kappa shape index (κ1) is 13.6. The van der Waals surface area contributed by atoms with Gasteiger partial charge in [0.05, 0.1) is 10.9 Å². The summed E-state index contributed by atoms with van der Waals surface area (Å²) in [7, 11) is 1.69. The summed E-state index contributed by atoms with van der Waals surface area (Å²) in [6.45, 7) is 3.06. The van der Waals surface area contributed by atoms with Gasteiger partial charge in [-0.2, -0.15) is 0 Å². The van der Waals surface area contributed by atoms with Crippen molar-refractivity contribution in [1.82, 2.24) is 5.32 Å². The molecule has 0 saturated carbocycles. The molecule has 2 aromatic rings. The van der Waals surface area contributed by atoms with E-state index in [1.54, 1.807) is 18.4 Å². The van der Waals surface area contributed by atoms with Crippen molar-refractivity contribution < 1.29 is 4.74 Å². The normalized spacial score (nSPS) is 12.4. The third-order valence-corrected chi connectivity index (χ3v) is 4.45. The summed E-state index contributed by atoms with van der Waals surface area (Å²) >= 11 is 5.24. The molecule has 2 rings (SSSR count). The summed E-state index contributed by atoms with van der Waals surface area (Å²) in [5, 5.41) is 3.51. The second kappa shape index (κ2) is 6.36. The van der Waals surface area contributed by atoms with Gasteiger partial charge in [0.2, 0.25) is 0 Å². The largest absolute Gasteiger partial charge is 0.497 e. The van der Waals surface area contributed by atoms with Crippen molar-refractivity contribution in [3.63, 3.8) is 0 Å². The number of rotatable bonds is 5. The second-order valence-corrected chi connectivity index (χ2v) is 6.63. The fraction of sp³-hybridized carbons (Fsp3) is 0.286. The number of nitrogens with one attached hydrogen (secondary N) is 1. The van der Waals surface area contributed by atoms with Crippen LogP contribution in [0.15, 0.2) is 40.2 Å². The fourth-order valence-corrected chi connectivity index (χ4v) is 3.14. The molecule has 4 heteroatoms. The molecule has 0 spiro atoms. The van der Waals surface area contributed by atoms with E-state index in [0.717, 1.165) is 12.3 Å². The highest BCUT2D eigenvalue weighted by Gasteiger charge is 2.05. The zero-order valence-corrected chi connectivity index (χ0v) is 12.8. The van der Waals surface area contributed by atoms with Gasteiger partial charge >= 0.3 is 0 Å². The quantitative estimate of drug-likeness (QED) is 0.881. The lowest BCUT2D eigenvalue weighted by atomic mass is 10.1. The van der Waals surface area contributed by atoms with E-state index in [4.69, 9.17) is 4.74 Å². The van der Waals surface area contributed by atoms with E-state index in [1.807, 2.05) is 12.1 Å². The summed E-state index contributed by atoms with van der Waals surface area (Å²) in [4.78, 5) is 1.34. The lowest BCUT2D eigenvalue weighted by Crippen LogP contribution is -2.17. The molecule has 0 bridgehead atoms. The van der Waals surface area contributed by atoms with Gasteiger partial charge in [0.1, 0.15) is 5.75 Å². The Hall–Kier alpha value is -0.840. The monoisotopic (exact) mass is 325 g/mol. The van der Waals surface area contributed by atoms with Gasteiger partial charge in [0.25, 0.3) is 0 Å². The van der Waals surface area contributed by atoms with Gasteiger partial charge < -0.3 is 10.1 Å². The van der Waals surface area contributed by atoms with Crippen molar-refractivity contribution in [2.24, 2.45) is 0 Å². The minimum absolute atomic E-state index is 0.330. The third kappa shape index (κ3) is 3.57. The molecular formula is C14H16BrNOS. The summed E-state index contributed by atoms with van der Waals surface area (Å²) in [6.07, 6.45) is 0. The van der Waals surface area contributed by atoms with Crippen molar-refractivity contribution >= 4 is 27.3 Å². The first-order chi connectivity index (χ1) is 8.69. The van der Waals surface area contributed by atoms with Crippen LogP contribution in [0.2, 0.25) is 0 Å². The molecule has 18 heavy (non-hydrogen) atoms. The Bertz CT molecular complexity index is 495. The number of halogens is 1. The van der Waals surface area contributed by atoms with Crippen LogP contribution in [-0.2, 0) is 6.54 Å². The van der Waals surface area contributed by atoms with E-state index in [2.05, 4.69) is 52.4 Å². The standard InChI is InChI=1S/C14H16BrNOS/c1-10(11-3-5-12(17-2)6-4-11)16-9-13-7-8-14(15)18-13/h3-8,10,16H,9H2,1-2H3.